The van der Waals surface area contributed by atoms with Crippen LogP contribution in [0.15, 0.2) is 60.9 Å². The van der Waals surface area contributed by atoms with Gasteiger partial charge in [-0.3, -0.25) is 4.79 Å². The van der Waals surface area contributed by atoms with E-state index in [9.17, 15) is 13.2 Å². The van der Waals surface area contributed by atoms with Gasteiger partial charge in [-0.05, 0) is 67.0 Å². The Labute approximate surface area is 198 Å². The molecule has 176 valence electrons. The molecule has 9 heteroatoms. The number of nitrogens with zero attached hydrogens (tertiary/aromatic N) is 2. The molecule has 2 aromatic heterocycles. The topological polar surface area (TPSA) is 107 Å². The maximum absolute atomic E-state index is 12.2. The number of hydrogen-bond donors (Lipinski definition) is 1. The molecule has 34 heavy (non-hydrogen) atoms. The van der Waals surface area contributed by atoms with E-state index in [1.165, 1.54) is 12.8 Å². The van der Waals surface area contributed by atoms with Crippen LogP contribution in [0.5, 0.6) is 11.8 Å². The Hall–Kier alpha value is -3.46. The quantitative estimate of drug-likeness (QED) is 0.472. The molecule has 0 unspecified atom stereocenters. The van der Waals surface area contributed by atoms with Crippen LogP contribution in [0.25, 0.3) is 11.1 Å². The van der Waals surface area contributed by atoms with E-state index in [0.717, 1.165) is 23.3 Å². The maximum atomic E-state index is 12.2. The normalized spacial score (nSPS) is 15.5. The summed E-state index contributed by atoms with van der Waals surface area (Å²) in [6.45, 7) is 0.982. The van der Waals surface area contributed by atoms with Gasteiger partial charge in [-0.15, -0.1) is 0 Å². The predicted octanol–water partition coefficient (Wildman–Crippen LogP) is 3.73. The minimum absolute atomic E-state index is 0.255. The molecule has 1 N–H and O–H groups in total. The molecular formula is C25H25N3O5S. The number of aromatic nitrogens is 2. The van der Waals surface area contributed by atoms with Gasteiger partial charge in [0, 0.05) is 35.7 Å². The standard InChI is InChI=1S/C25H25N3O5S/c29-25(28-34(30,31)22-8-9-22)19-5-3-18(4-6-19)16-33-24-13-20(11-12-26-24)21-7-10-23(27-14-21)32-15-17-1-2-17/h3-7,10-14,17,22H,1-2,8-9,15-16H2,(H,28,29). The van der Waals surface area contributed by atoms with Crippen LogP contribution in [-0.4, -0.2) is 36.1 Å². The number of sulfonamides is 1. The molecular weight excluding hydrogens is 454 g/mol. The van der Waals surface area contributed by atoms with E-state index in [1.807, 2.05) is 24.3 Å². The first-order valence-electron chi connectivity index (χ1n) is 11.3. The van der Waals surface area contributed by atoms with Gasteiger partial charge in [0.25, 0.3) is 5.91 Å². The van der Waals surface area contributed by atoms with Crippen molar-refractivity contribution in [1.29, 1.82) is 0 Å². The number of amides is 1. The van der Waals surface area contributed by atoms with Gasteiger partial charge in [0.15, 0.2) is 0 Å². The predicted molar refractivity (Wildman–Crippen MR) is 126 cm³/mol. The lowest BCUT2D eigenvalue weighted by molar-refractivity contribution is 0.0981. The third kappa shape index (κ3) is 5.72. The molecule has 0 radical (unpaired) electrons. The van der Waals surface area contributed by atoms with Gasteiger partial charge in [-0.1, -0.05) is 12.1 Å². The molecule has 1 amide bonds. The maximum Gasteiger partial charge on any atom is 0.264 e. The zero-order valence-electron chi connectivity index (χ0n) is 18.5. The first-order valence-corrected chi connectivity index (χ1v) is 12.8. The Morgan fingerprint density at radius 2 is 1.71 bits per heavy atom. The number of pyridine rings is 2. The van der Waals surface area contributed by atoms with Crippen LogP contribution in [0.1, 0.15) is 41.6 Å². The molecule has 0 aliphatic heterocycles. The van der Waals surface area contributed by atoms with Crippen LogP contribution >= 0.6 is 0 Å². The summed E-state index contributed by atoms with van der Waals surface area (Å²) >= 11 is 0. The highest BCUT2D eigenvalue weighted by atomic mass is 32.2. The highest BCUT2D eigenvalue weighted by molar-refractivity contribution is 7.91. The van der Waals surface area contributed by atoms with Crippen molar-refractivity contribution in [2.75, 3.05) is 6.61 Å². The number of ether oxygens (including phenoxy) is 2. The third-order valence-corrected chi connectivity index (χ3v) is 7.59. The molecule has 2 heterocycles. The smallest absolute Gasteiger partial charge is 0.264 e. The molecule has 2 aliphatic rings. The lowest BCUT2D eigenvalue weighted by Crippen LogP contribution is -2.33. The van der Waals surface area contributed by atoms with Crippen molar-refractivity contribution in [3.05, 3.63) is 72.1 Å². The minimum Gasteiger partial charge on any atom is -0.477 e. The molecule has 5 rings (SSSR count). The molecule has 2 aliphatic carbocycles. The number of hydrogen-bond acceptors (Lipinski definition) is 7. The Kier molecular flexibility index (Phi) is 6.19. The number of carbonyl (C=O) groups excluding carboxylic acids is 1. The lowest BCUT2D eigenvalue weighted by Gasteiger charge is -2.09. The average Bonchev–Trinajstić information content (AvgIpc) is 3.76. The molecule has 1 aromatic carbocycles. The van der Waals surface area contributed by atoms with Crippen molar-refractivity contribution in [2.24, 2.45) is 5.92 Å². The van der Waals surface area contributed by atoms with Gasteiger partial charge in [0.2, 0.25) is 21.8 Å². The second-order valence-electron chi connectivity index (χ2n) is 8.68. The van der Waals surface area contributed by atoms with Crippen molar-refractivity contribution in [3.63, 3.8) is 0 Å². The highest BCUT2D eigenvalue weighted by Crippen LogP contribution is 2.30. The van der Waals surface area contributed by atoms with Gasteiger partial charge in [0.05, 0.1) is 11.9 Å². The van der Waals surface area contributed by atoms with Crippen LogP contribution in [0.4, 0.5) is 0 Å². The van der Waals surface area contributed by atoms with Crippen molar-refractivity contribution >= 4 is 15.9 Å². The van der Waals surface area contributed by atoms with E-state index in [2.05, 4.69) is 14.7 Å². The van der Waals surface area contributed by atoms with Gasteiger partial charge < -0.3 is 9.47 Å². The number of nitrogens with one attached hydrogen (secondary N) is 1. The van der Waals surface area contributed by atoms with Crippen molar-refractivity contribution in [2.45, 2.75) is 37.5 Å². The SMILES string of the molecule is O=C(NS(=O)(=O)C1CC1)c1ccc(COc2cc(-c3ccc(OCC4CC4)nc3)ccn2)cc1. The Morgan fingerprint density at radius 3 is 2.38 bits per heavy atom. The summed E-state index contributed by atoms with van der Waals surface area (Å²) in [4.78, 5) is 20.8. The van der Waals surface area contributed by atoms with E-state index in [4.69, 9.17) is 9.47 Å². The van der Waals surface area contributed by atoms with Gasteiger partial charge >= 0.3 is 0 Å². The van der Waals surface area contributed by atoms with E-state index in [0.29, 0.717) is 30.5 Å². The molecule has 0 spiro atoms. The van der Waals surface area contributed by atoms with Crippen molar-refractivity contribution in [3.8, 4) is 22.9 Å². The van der Waals surface area contributed by atoms with Gasteiger partial charge in [0.1, 0.15) is 6.61 Å². The van der Waals surface area contributed by atoms with Crippen LogP contribution in [-0.2, 0) is 16.6 Å². The summed E-state index contributed by atoms with van der Waals surface area (Å²) in [5, 5.41) is -0.443. The summed E-state index contributed by atoms with van der Waals surface area (Å²) < 4.78 is 37.5. The van der Waals surface area contributed by atoms with Gasteiger partial charge in [-0.25, -0.2) is 23.1 Å². The van der Waals surface area contributed by atoms with Gasteiger partial charge in [-0.2, -0.15) is 0 Å². The Bertz CT molecular complexity index is 1270. The van der Waals surface area contributed by atoms with Crippen LogP contribution in [0, 0.1) is 5.92 Å². The molecule has 0 saturated heterocycles. The second-order valence-corrected chi connectivity index (χ2v) is 10.6. The molecule has 8 nitrogen and oxygen atoms in total. The molecule has 3 aromatic rings. The van der Waals surface area contributed by atoms with E-state index in [1.54, 1.807) is 36.7 Å². The Balaban J connectivity index is 1.17. The second kappa shape index (κ2) is 9.42. The summed E-state index contributed by atoms with van der Waals surface area (Å²) in [6, 6.07) is 14.2. The average molecular weight is 480 g/mol. The minimum atomic E-state index is -3.57. The van der Waals surface area contributed by atoms with E-state index in [-0.39, 0.29) is 12.2 Å². The lowest BCUT2D eigenvalue weighted by atomic mass is 10.1. The largest absolute Gasteiger partial charge is 0.477 e. The van der Waals surface area contributed by atoms with Crippen LogP contribution in [0.2, 0.25) is 0 Å². The van der Waals surface area contributed by atoms with Crippen LogP contribution < -0.4 is 14.2 Å². The monoisotopic (exact) mass is 479 g/mol. The van der Waals surface area contributed by atoms with Crippen molar-refractivity contribution < 1.29 is 22.7 Å². The molecule has 0 atom stereocenters. The number of benzene rings is 1. The third-order valence-electron chi connectivity index (χ3n) is 5.77. The number of carbonyl (C=O) groups is 1. The van der Waals surface area contributed by atoms with Crippen molar-refractivity contribution in [1.82, 2.24) is 14.7 Å². The summed E-state index contributed by atoms with van der Waals surface area (Å²) in [6.07, 6.45) is 7.13. The zero-order chi connectivity index (χ0) is 23.5. The zero-order valence-corrected chi connectivity index (χ0v) is 19.3. The number of rotatable bonds is 10. The highest BCUT2D eigenvalue weighted by Gasteiger charge is 2.36. The summed E-state index contributed by atoms with van der Waals surface area (Å²) in [7, 11) is -3.57. The first kappa shape index (κ1) is 22.3. The summed E-state index contributed by atoms with van der Waals surface area (Å²) in [5.41, 5.74) is 2.97. The first-order chi connectivity index (χ1) is 16.5. The van der Waals surface area contributed by atoms with E-state index >= 15 is 0 Å². The molecule has 2 fully saturated rings. The Morgan fingerprint density at radius 1 is 0.912 bits per heavy atom. The van der Waals surface area contributed by atoms with E-state index < -0.39 is 21.2 Å². The fourth-order valence-corrected chi connectivity index (χ4v) is 4.65. The van der Waals surface area contributed by atoms with Crippen LogP contribution in [0.3, 0.4) is 0 Å². The fraction of sp³-hybridized carbons (Fsp3) is 0.320. The summed E-state index contributed by atoms with van der Waals surface area (Å²) in [5.74, 6) is 1.15. The molecule has 2 saturated carbocycles. The molecule has 0 bridgehead atoms. The fourth-order valence-electron chi connectivity index (χ4n) is 3.35.